The lowest BCUT2D eigenvalue weighted by atomic mass is 10.1. The molecule has 0 aliphatic carbocycles. The van der Waals surface area contributed by atoms with E-state index in [4.69, 9.17) is 11.6 Å². The van der Waals surface area contributed by atoms with Gasteiger partial charge in [0.2, 0.25) is 0 Å². The molecule has 1 unspecified atom stereocenters. The van der Waals surface area contributed by atoms with E-state index in [1.54, 1.807) is 11.3 Å². The zero-order valence-electron chi connectivity index (χ0n) is 12.8. The van der Waals surface area contributed by atoms with Crippen molar-refractivity contribution in [3.05, 3.63) is 36.7 Å². The highest BCUT2D eigenvalue weighted by Crippen LogP contribution is 2.35. The Morgan fingerprint density at radius 1 is 1.48 bits per heavy atom. The molecule has 0 aliphatic heterocycles. The van der Waals surface area contributed by atoms with E-state index in [0.29, 0.717) is 0 Å². The van der Waals surface area contributed by atoms with E-state index in [2.05, 4.69) is 45.6 Å². The van der Waals surface area contributed by atoms with E-state index in [1.807, 2.05) is 18.7 Å². The molecule has 1 atom stereocenters. The van der Waals surface area contributed by atoms with Crippen LogP contribution in [-0.4, -0.2) is 16.3 Å². The molecule has 0 bridgehead atoms. The molecule has 116 valence electrons. The second kappa shape index (κ2) is 7.27. The Kier molecular flexibility index (Phi) is 5.88. The number of rotatable bonds is 6. The van der Waals surface area contributed by atoms with E-state index in [-0.39, 0.29) is 6.04 Å². The molecule has 0 aliphatic rings. The standard InChI is InChI=1S/C15H21BrClN3S/c1-5-6-18-11(15-14(17)9(2)8-21-15)7-12-13(16)10(3)19-20(12)4/h8,11,18H,5-7H2,1-4H3. The summed E-state index contributed by atoms with van der Waals surface area (Å²) in [6.45, 7) is 7.23. The summed E-state index contributed by atoms with van der Waals surface area (Å²) in [6, 6.07) is 0.224. The molecule has 3 nitrogen and oxygen atoms in total. The summed E-state index contributed by atoms with van der Waals surface area (Å²) in [5.74, 6) is 0. The number of hydrogen-bond acceptors (Lipinski definition) is 3. The predicted octanol–water partition coefficient (Wildman–Crippen LogP) is 4.80. The maximum absolute atomic E-state index is 6.47. The third kappa shape index (κ3) is 3.70. The molecule has 0 radical (unpaired) electrons. The summed E-state index contributed by atoms with van der Waals surface area (Å²) in [5.41, 5.74) is 3.37. The molecule has 1 N–H and O–H groups in total. The first-order valence-electron chi connectivity index (χ1n) is 7.10. The number of hydrogen-bond donors (Lipinski definition) is 1. The molecule has 2 heterocycles. The van der Waals surface area contributed by atoms with Gasteiger partial charge in [-0.2, -0.15) is 5.10 Å². The van der Waals surface area contributed by atoms with Crippen molar-refractivity contribution in [1.82, 2.24) is 15.1 Å². The Hall–Kier alpha value is -0.360. The Morgan fingerprint density at radius 3 is 2.67 bits per heavy atom. The van der Waals surface area contributed by atoms with Crippen molar-refractivity contribution in [1.29, 1.82) is 0 Å². The average molecular weight is 391 g/mol. The van der Waals surface area contributed by atoms with E-state index in [9.17, 15) is 0 Å². The maximum Gasteiger partial charge on any atom is 0.0738 e. The fourth-order valence-corrected chi connectivity index (χ4v) is 4.26. The first kappa shape index (κ1) is 17.0. The topological polar surface area (TPSA) is 29.9 Å². The molecule has 0 spiro atoms. The maximum atomic E-state index is 6.47. The van der Waals surface area contributed by atoms with Crippen LogP contribution in [0.25, 0.3) is 0 Å². The Balaban J connectivity index is 2.30. The van der Waals surface area contributed by atoms with E-state index in [0.717, 1.165) is 40.1 Å². The lowest BCUT2D eigenvalue weighted by Crippen LogP contribution is -2.24. The van der Waals surface area contributed by atoms with Crippen LogP contribution in [0.2, 0.25) is 5.02 Å². The van der Waals surface area contributed by atoms with Crippen LogP contribution in [0, 0.1) is 13.8 Å². The lowest BCUT2D eigenvalue weighted by Gasteiger charge is -2.18. The van der Waals surface area contributed by atoms with Crippen molar-refractivity contribution in [2.75, 3.05) is 6.54 Å². The first-order chi connectivity index (χ1) is 9.95. The molecule has 0 saturated heterocycles. The van der Waals surface area contributed by atoms with Crippen molar-refractivity contribution < 1.29 is 0 Å². The van der Waals surface area contributed by atoms with Crippen molar-refractivity contribution in [3.63, 3.8) is 0 Å². The molecule has 21 heavy (non-hydrogen) atoms. The minimum absolute atomic E-state index is 0.224. The molecule has 0 amide bonds. The fraction of sp³-hybridized carbons (Fsp3) is 0.533. The van der Waals surface area contributed by atoms with Crippen LogP contribution < -0.4 is 5.32 Å². The van der Waals surface area contributed by atoms with Gasteiger partial charge >= 0.3 is 0 Å². The number of halogens is 2. The lowest BCUT2D eigenvalue weighted by molar-refractivity contribution is 0.518. The summed E-state index contributed by atoms with van der Waals surface area (Å²) in [5, 5.41) is 11.1. The minimum atomic E-state index is 0.224. The zero-order chi connectivity index (χ0) is 15.6. The first-order valence-corrected chi connectivity index (χ1v) is 9.15. The molecule has 0 fully saturated rings. The van der Waals surface area contributed by atoms with Crippen molar-refractivity contribution >= 4 is 38.9 Å². The normalized spacial score (nSPS) is 12.9. The Labute approximate surface area is 143 Å². The van der Waals surface area contributed by atoms with Crippen LogP contribution >= 0.6 is 38.9 Å². The largest absolute Gasteiger partial charge is 0.309 e. The van der Waals surface area contributed by atoms with Crippen molar-refractivity contribution in [2.45, 2.75) is 39.7 Å². The van der Waals surface area contributed by atoms with Crippen molar-refractivity contribution in [2.24, 2.45) is 7.05 Å². The Bertz CT molecular complexity index is 621. The summed E-state index contributed by atoms with van der Waals surface area (Å²) in [7, 11) is 1.99. The van der Waals surface area contributed by atoms with E-state index < -0.39 is 0 Å². The number of nitrogens with one attached hydrogen (secondary N) is 1. The van der Waals surface area contributed by atoms with Crippen LogP contribution in [0.15, 0.2) is 9.85 Å². The van der Waals surface area contributed by atoms with Gasteiger partial charge in [0.1, 0.15) is 0 Å². The second-order valence-electron chi connectivity index (χ2n) is 5.28. The number of nitrogens with zero attached hydrogens (tertiary/aromatic N) is 2. The van der Waals surface area contributed by atoms with Crippen LogP contribution in [0.1, 0.15) is 41.2 Å². The molecule has 2 aromatic rings. The Morgan fingerprint density at radius 2 is 2.19 bits per heavy atom. The third-order valence-electron chi connectivity index (χ3n) is 3.54. The van der Waals surface area contributed by atoms with Crippen molar-refractivity contribution in [3.8, 4) is 0 Å². The zero-order valence-corrected chi connectivity index (χ0v) is 16.0. The van der Waals surface area contributed by atoms with Gasteiger partial charge in [-0.15, -0.1) is 11.3 Å². The quantitative estimate of drug-likeness (QED) is 0.768. The summed E-state index contributed by atoms with van der Waals surface area (Å²) in [4.78, 5) is 1.22. The highest BCUT2D eigenvalue weighted by Gasteiger charge is 2.21. The second-order valence-corrected chi connectivity index (χ2v) is 7.36. The number of thiophene rings is 1. The van der Waals surface area contributed by atoms with E-state index in [1.165, 1.54) is 10.6 Å². The van der Waals surface area contributed by atoms with Gasteiger partial charge < -0.3 is 5.32 Å². The van der Waals surface area contributed by atoms with Gasteiger partial charge in [-0.05, 0) is 53.7 Å². The molecular weight excluding hydrogens is 370 g/mol. The molecule has 2 rings (SSSR count). The van der Waals surface area contributed by atoms with Gasteiger partial charge in [0.05, 0.1) is 20.9 Å². The molecular formula is C15H21BrClN3S. The monoisotopic (exact) mass is 389 g/mol. The summed E-state index contributed by atoms with van der Waals surface area (Å²) < 4.78 is 3.05. The summed E-state index contributed by atoms with van der Waals surface area (Å²) in [6.07, 6.45) is 1.97. The molecule has 6 heteroatoms. The predicted molar refractivity (Wildman–Crippen MR) is 94.4 cm³/mol. The summed E-state index contributed by atoms with van der Waals surface area (Å²) >= 11 is 11.9. The average Bonchev–Trinajstić information content (AvgIpc) is 2.89. The molecule has 0 saturated carbocycles. The van der Waals surface area contributed by atoms with Gasteiger partial charge in [-0.25, -0.2) is 0 Å². The van der Waals surface area contributed by atoms with Crippen LogP contribution in [0.5, 0.6) is 0 Å². The van der Waals surface area contributed by atoms with Gasteiger partial charge in [0.25, 0.3) is 0 Å². The van der Waals surface area contributed by atoms with Gasteiger partial charge in [-0.1, -0.05) is 18.5 Å². The molecule has 0 aromatic carbocycles. The highest BCUT2D eigenvalue weighted by molar-refractivity contribution is 9.10. The minimum Gasteiger partial charge on any atom is -0.309 e. The smallest absolute Gasteiger partial charge is 0.0738 e. The third-order valence-corrected chi connectivity index (χ3v) is 6.40. The number of aromatic nitrogens is 2. The van der Waals surface area contributed by atoms with Crippen LogP contribution in [0.4, 0.5) is 0 Å². The fourth-order valence-electron chi connectivity index (χ4n) is 2.36. The van der Waals surface area contributed by atoms with Crippen LogP contribution in [-0.2, 0) is 13.5 Å². The van der Waals surface area contributed by atoms with Gasteiger partial charge in [0.15, 0.2) is 0 Å². The van der Waals surface area contributed by atoms with Gasteiger partial charge in [0, 0.05) is 24.4 Å². The molecule has 2 aromatic heterocycles. The van der Waals surface area contributed by atoms with Crippen LogP contribution in [0.3, 0.4) is 0 Å². The number of aryl methyl sites for hydroxylation is 3. The van der Waals surface area contributed by atoms with Gasteiger partial charge in [-0.3, -0.25) is 4.68 Å². The SMILES string of the molecule is CCCNC(Cc1c(Br)c(C)nn1C)c1scc(C)c1Cl. The van der Waals surface area contributed by atoms with E-state index >= 15 is 0 Å². The highest BCUT2D eigenvalue weighted by atomic mass is 79.9.